The van der Waals surface area contributed by atoms with Crippen molar-refractivity contribution in [3.63, 3.8) is 0 Å². The van der Waals surface area contributed by atoms with Gasteiger partial charge >= 0.3 is 0 Å². The standard InChI is InChI=1S/C15H23FN2O2S/c1-11-6-3-4-8-14(11)18(2)21(19,20)15-9-5-7-13(16)12(15)10-17/h5,7,9,11,14H,3-4,6,8,10,17H2,1-2H3. The summed E-state index contributed by atoms with van der Waals surface area (Å²) in [6.45, 7) is 1.95. The van der Waals surface area contributed by atoms with Crippen LogP contribution in [-0.2, 0) is 16.6 Å². The van der Waals surface area contributed by atoms with Gasteiger partial charge in [0.2, 0.25) is 10.0 Å². The number of nitrogens with two attached hydrogens (primary N) is 1. The van der Waals surface area contributed by atoms with Crippen molar-refractivity contribution >= 4 is 10.0 Å². The Morgan fingerprint density at radius 3 is 2.62 bits per heavy atom. The molecule has 2 atom stereocenters. The molecule has 6 heteroatoms. The molecule has 0 spiro atoms. The van der Waals surface area contributed by atoms with Gasteiger partial charge in [0.15, 0.2) is 0 Å². The van der Waals surface area contributed by atoms with E-state index in [1.807, 2.05) is 0 Å². The molecule has 2 unspecified atom stereocenters. The van der Waals surface area contributed by atoms with E-state index in [1.54, 1.807) is 7.05 Å². The van der Waals surface area contributed by atoms with E-state index in [0.29, 0.717) is 5.92 Å². The van der Waals surface area contributed by atoms with E-state index in [-0.39, 0.29) is 23.0 Å². The van der Waals surface area contributed by atoms with Crippen LogP contribution in [0.5, 0.6) is 0 Å². The zero-order valence-electron chi connectivity index (χ0n) is 12.5. The van der Waals surface area contributed by atoms with E-state index in [2.05, 4.69) is 6.92 Å². The normalized spacial score (nSPS) is 23.5. The van der Waals surface area contributed by atoms with Crippen LogP contribution in [0.1, 0.15) is 38.2 Å². The summed E-state index contributed by atoms with van der Waals surface area (Å²) in [5.41, 5.74) is 5.59. The third-order valence-electron chi connectivity index (χ3n) is 4.47. The minimum absolute atomic E-state index is 0.00901. The molecule has 0 radical (unpaired) electrons. The van der Waals surface area contributed by atoms with Crippen molar-refractivity contribution in [3.05, 3.63) is 29.6 Å². The Bertz CT molecular complexity index is 604. The molecule has 1 aliphatic rings. The van der Waals surface area contributed by atoms with Gasteiger partial charge in [-0.05, 0) is 30.9 Å². The molecule has 0 bridgehead atoms. The number of hydrogen-bond acceptors (Lipinski definition) is 3. The van der Waals surface area contributed by atoms with Crippen LogP contribution in [0.15, 0.2) is 23.1 Å². The monoisotopic (exact) mass is 314 g/mol. The topological polar surface area (TPSA) is 63.4 Å². The first kappa shape index (κ1) is 16.4. The van der Waals surface area contributed by atoms with Gasteiger partial charge in [-0.2, -0.15) is 4.31 Å². The number of hydrogen-bond donors (Lipinski definition) is 1. The zero-order valence-corrected chi connectivity index (χ0v) is 13.4. The van der Waals surface area contributed by atoms with Crippen molar-refractivity contribution in [2.75, 3.05) is 7.05 Å². The molecule has 2 rings (SSSR count). The predicted molar refractivity (Wildman–Crippen MR) is 80.7 cm³/mol. The van der Waals surface area contributed by atoms with Gasteiger partial charge in [0.05, 0.1) is 4.90 Å². The van der Waals surface area contributed by atoms with Crippen molar-refractivity contribution in [1.82, 2.24) is 4.31 Å². The summed E-state index contributed by atoms with van der Waals surface area (Å²) in [6, 6.07) is 4.06. The summed E-state index contributed by atoms with van der Waals surface area (Å²) in [6.07, 6.45) is 4.04. The van der Waals surface area contributed by atoms with E-state index < -0.39 is 15.8 Å². The van der Waals surface area contributed by atoms with Gasteiger partial charge < -0.3 is 5.73 Å². The van der Waals surface area contributed by atoms with Gasteiger partial charge in [0.1, 0.15) is 5.82 Å². The molecule has 1 aromatic rings. The summed E-state index contributed by atoms with van der Waals surface area (Å²) in [5, 5.41) is 0. The fraction of sp³-hybridized carbons (Fsp3) is 0.600. The minimum atomic E-state index is -3.72. The molecule has 4 nitrogen and oxygen atoms in total. The lowest BCUT2D eigenvalue weighted by molar-refractivity contribution is 0.213. The lowest BCUT2D eigenvalue weighted by Gasteiger charge is -2.35. The second-order valence-electron chi connectivity index (χ2n) is 5.77. The molecule has 0 saturated heterocycles. The first-order valence-electron chi connectivity index (χ1n) is 7.35. The highest BCUT2D eigenvalue weighted by molar-refractivity contribution is 7.89. The number of nitrogens with zero attached hydrogens (tertiary/aromatic N) is 1. The Hall–Kier alpha value is -0.980. The zero-order chi connectivity index (χ0) is 15.6. The minimum Gasteiger partial charge on any atom is -0.326 e. The van der Waals surface area contributed by atoms with Gasteiger partial charge in [0.25, 0.3) is 0 Å². The molecule has 0 aromatic heterocycles. The molecule has 2 N–H and O–H groups in total. The Morgan fingerprint density at radius 2 is 2.00 bits per heavy atom. The third-order valence-corrected chi connectivity index (χ3v) is 6.44. The van der Waals surface area contributed by atoms with Gasteiger partial charge in [-0.3, -0.25) is 0 Å². The van der Waals surface area contributed by atoms with Crippen LogP contribution in [0.3, 0.4) is 0 Å². The maximum atomic E-state index is 13.8. The summed E-state index contributed by atoms with van der Waals surface area (Å²) in [5.74, 6) is -0.253. The van der Waals surface area contributed by atoms with E-state index in [4.69, 9.17) is 5.73 Å². The summed E-state index contributed by atoms with van der Waals surface area (Å²) in [4.78, 5) is -0.00901. The van der Waals surface area contributed by atoms with Crippen molar-refractivity contribution in [3.8, 4) is 0 Å². The molecule has 1 aliphatic carbocycles. The third kappa shape index (κ3) is 3.12. The molecule has 1 fully saturated rings. The molecular formula is C15H23FN2O2S. The van der Waals surface area contributed by atoms with Gasteiger partial charge in [-0.1, -0.05) is 25.8 Å². The van der Waals surface area contributed by atoms with Crippen LogP contribution in [-0.4, -0.2) is 25.8 Å². The number of rotatable bonds is 4. The number of halogens is 1. The maximum absolute atomic E-state index is 13.8. The Kier molecular flexibility index (Phi) is 5.01. The molecular weight excluding hydrogens is 291 g/mol. The van der Waals surface area contributed by atoms with Crippen molar-refractivity contribution in [2.45, 2.75) is 50.1 Å². The molecule has 1 saturated carbocycles. The first-order valence-corrected chi connectivity index (χ1v) is 8.79. The molecule has 0 heterocycles. The Labute approximate surface area is 126 Å². The number of benzene rings is 1. The first-order chi connectivity index (χ1) is 9.89. The van der Waals surface area contributed by atoms with Crippen molar-refractivity contribution in [1.29, 1.82) is 0 Å². The van der Waals surface area contributed by atoms with Gasteiger partial charge in [-0.25, -0.2) is 12.8 Å². The van der Waals surface area contributed by atoms with Gasteiger partial charge in [0, 0.05) is 25.2 Å². The lowest BCUT2D eigenvalue weighted by atomic mass is 9.86. The van der Waals surface area contributed by atoms with E-state index in [9.17, 15) is 12.8 Å². The molecule has 118 valence electrons. The molecule has 0 amide bonds. The quantitative estimate of drug-likeness (QED) is 0.928. The van der Waals surface area contributed by atoms with E-state index in [1.165, 1.54) is 22.5 Å². The average molecular weight is 314 g/mol. The van der Waals surface area contributed by atoms with Crippen LogP contribution in [0, 0.1) is 11.7 Å². The van der Waals surface area contributed by atoms with Crippen LogP contribution in [0.2, 0.25) is 0 Å². The highest BCUT2D eigenvalue weighted by Gasteiger charge is 2.34. The highest BCUT2D eigenvalue weighted by atomic mass is 32.2. The second kappa shape index (κ2) is 6.42. The number of sulfonamides is 1. The maximum Gasteiger partial charge on any atom is 0.243 e. The van der Waals surface area contributed by atoms with Crippen LogP contribution >= 0.6 is 0 Å². The molecule has 1 aromatic carbocycles. The summed E-state index contributed by atoms with van der Waals surface area (Å²) in [7, 11) is -2.13. The summed E-state index contributed by atoms with van der Waals surface area (Å²) < 4.78 is 40.8. The van der Waals surface area contributed by atoms with Crippen LogP contribution in [0.4, 0.5) is 4.39 Å². The van der Waals surface area contributed by atoms with Crippen LogP contribution in [0.25, 0.3) is 0 Å². The Balaban J connectivity index is 2.40. The van der Waals surface area contributed by atoms with Gasteiger partial charge in [-0.15, -0.1) is 0 Å². The average Bonchev–Trinajstić information content (AvgIpc) is 2.46. The van der Waals surface area contributed by atoms with Crippen molar-refractivity contribution < 1.29 is 12.8 Å². The van der Waals surface area contributed by atoms with E-state index >= 15 is 0 Å². The van der Waals surface area contributed by atoms with Crippen molar-refractivity contribution in [2.24, 2.45) is 11.7 Å². The lowest BCUT2D eigenvalue weighted by Crippen LogP contribution is -2.42. The molecule has 21 heavy (non-hydrogen) atoms. The highest BCUT2D eigenvalue weighted by Crippen LogP contribution is 2.31. The Morgan fingerprint density at radius 1 is 1.33 bits per heavy atom. The fourth-order valence-corrected chi connectivity index (χ4v) is 4.87. The molecule has 0 aliphatic heterocycles. The summed E-state index contributed by atoms with van der Waals surface area (Å²) >= 11 is 0. The predicted octanol–water partition coefficient (Wildman–Crippen LogP) is 2.48. The van der Waals surface area contributed by atoms with E-state index in [0.717, 1.165) is 25.7 Å². The SMILES string of the molecule is CC1CCCCC1N(C)S(=O)(=O)c1cccc(F)c1CN. The smallest absolute Gasteiger partial charge is 0.243 e. The van der Waals surface area contributed by atoms with Crippen LogP contribution < -0.4 is 5.73 Å². The fourth-order valence-electron chi connectivity index (χ4n) is 3.15. The second-order valence-corrected chi connectivity index (χ2v) is 7.74. The largest absolute Gasteiger partial charge is 0.326 e.